The molecule has 0 aliphatic carbocycles. The number of carbonyl (C=O) groups excluding carboxylic acids is 4. The Balaban J connectivity index is -0.000000429. The zero-order chi connectivity index (χ0) is 50.6. The molecule has 14 heteroatoms. The summed E-state index contributed by atoms with van der Waals surface area (Å²) in [5.41, 5.74) is -1.59. The van der Waals surface area contributed by atoms with Gasteiger partial charge in [0.25, 0.3) is 0 Å². The van der Waals surface area contributed by atoms with Crippen LogP contribution >= 0.6 is 0 Å². The maximum atomic E-state index is 12.2. The second-order valence-corrected chi connectivity index (χ2v) is 20.9. The van der Waals surface area contributed by atoms with Gasteiger partial charge in [0.2, 0.25) is 0 Å². The van der Waals surface area contributed by atoms with Crippen LogP contribution < -0.4 is 20.4 Å². The first-order valence-corrected chi connectivity index (χ1v) is 21.4. The van der Waals surface area contributed by atoms with E-state index in [1.165, 1.54) is 36.4 Å². The topological polar surface area (TPSA) is 173 Å². The minimum absolute atomic E-state index is 0. The number of carbonyl (C=O) groups is 4. The monoisotopic (exact) mass is 1010 g/mol. The summed E-state index contributed by atoms with van der Waals surface area (Å²) >= 11 is 0. The van der Waals surface area contributed by atoms with E-state index in [0.717, 1.165) is 50.5 Å². The molecule has 2 aromatic rings. The number of hydrogen-bond donors (Lipinski definition) is 0. The van der Waals surface area contributed by atoms with Crippen LogP contribution in [0.2, 0.25) is 0 Å². The first-order valence-electron chi connectivity index (χ1n) is 21.4. The summed E-state index contributed by atoms with van der Waals surface area (Å²) in [5, 5.41) is 48.8. The van der Waals surface area contributed by atoms with Gasteiger partial charge in [-0.3, -0.25) is 19.2 Å². The van der Waals surface area contributed by atoms with Crippen molar-refractivity contribution in [2.45, 2.75) is 83.1 Å². The van der Waals surface area contributed by atoms with Gasteiger partial charge in [-0.15, -0.1) is 0 Å². The van der Waals surface area contributed by atoms with E-state index in [1.807, 2.05) is 0 Å². The van der Waals surface area contributed by atoms with E-state index < -0.39 is 44.7 Å². The zero-order valence-electron chi connectivity index (χ0n) is 43.5. The predicted octanol–water partition coefficient (Wildman–Crippen LogP) is 4.85. The summed E-state index contributed by atoms with van der Waals surface area (Å²) < 4.78 is 0. The van der Waals surface area contributed by atoms with Crippen molar-refractivity contribution < 1.29 is 73.2 Å². The van der Waals surface area contributed by atoms with Gasteiger partial charge in [-0.25, -0.2) is 0 Å². The molecule has 0 spiro atoms. The molecule has 0 unspecified atom stereocenters. The largest absolute Gasteiger partial charge is 2.00 e. The fourth-order valence-corrected chi connectivity index (χ4v) is 4.13. The summed E-state index contributed by atoms with van der Waals surface area (Å²) in [6, 6.07) is 12.1. The van der Waals surface area contributed by atoms with Gasteiger partial charge in [-0.05, 0) is 115 Å². The minimum atomic E-state index is -0.643. The van der Waals surface area contributed by atoms with Crippen molar-refractivity contribution in [1.29, 1.82) is 0 Å². The minimum Gasteiger partial charge on any atom is -0.872 e. The van der Waals surface area contributed by atoms with Crippen molar-refractivity contribution in [2.24, 2.45) is 21.7 Å². The molecular formula is C52H80Co2N4O8. The van der Waals surface area contributed by atoms with Crippen molar-refractivity contribution in [2.75, 3.05) is 82.6 Å². The molecule has 2 rings (SSSR count). The van der Waals surface area contributed by atoms with Crippen LogP contribution in [0.5, 0.6) is 0 Å². The number of benzene rings is 2. The Hall–Kier alpha value is -3.87. The molecule has 0 heterocycles. The van der Waals surface area contributed by atoms with Crippen LogP contribution in [0.15, 0.2) is 72.8 Å². The van der Waals surface area contributed by atoms with Gasteiger partial charge in [0, 0.05) is 47.8 Å². The van der Waals surface area contributed by atoms with Crippen molar-refractivity contribution in [3.8, 4) is 0 Å². The third-order valence-electron chi connectivity index (χ3n) is 8.86. The second-order valence-electron chi connectivity index (χ2n) is 20.9. The third-order valence-corrected chi connectivity index (χ3v) is 8.86. The van der Waals surface area contributed by atoms with Crippen LogP contribution in [0.25, 0.3) is 23.0 Å². The van der Waals surface area contributed by atoms with Crippen molar-refractivity contribution in [1.82, 2.24) is 19.6 Å². The number of rotatable bonds is 14. The first kappa shape index (κ1) is 68.7. The number of hydrogen-bond acceptors (Lipinski definition) is 12. The Labute approximate surface area is 419 Å². The smallest absolute Gasteiger partial charge is 0.872 e. The molecule has 0 N–H and O–H groups in total. The quantitative estimate of drug-likeness (QED) is 0.186. The van der Waals surface area contributed by atoms with Gasteiger partial charge in [0.1, 0.15) is 0 Å². The molecule has 0 atom stereocenters. The normalized spacial score (nSPS) is 12.7. The van der Waals surface area contributed by atoms with Crippen LogP contribution in [-0.2, 0) is 52.7 Å². The van der Waals surface area contributed by atoms with Gasteiger partial charge >= 0.3 is 33.6 Å². The number of likely N-dealkylation sites (N-methyl/N-ethyl adjacent to an activating group) is 4. The maximum absolute atomic E-state index is 12.2. The van der Waals surface area contributed by atoms with Crippen molar-refractivity contribution >= 4 is 46.2 Å². The van der Waals surface area contributed by atoms with Crippen LogP contribution in [0.3, 0.4) is 0 Å². The molecule has 374 valence electrons. The van der Waals surface area contributed by atoms with E-state index in [2.05, 4.69) is 76.0 Å². The van der Waals surface area contributed by atoms with Crippen LogP contribution in [-0.4, -0.2) is 125 Å². The third kappa shape index (κ3) is 31.2. The Kier molecular flexibility index (Phi) is 32.5. The average Bonchev–Trinajstić information content (AvgIpc) is 3.15. The fraction of sp³-hybridized carbons (Fsp3) is 0.538. The Bertz CT molecular complexity index is 1670. The van der Waals surface area contributed by atoms with Gasteiger partial charge in [-0.2, -0.15) is 0 Å². The summed E-state index contributed by atoms with van der Waals surface area (Å²) in [6.07, 6.45) is 4.20. The molecule has 0 bridgehead atoms. The number of allylic oxidation sites excluding steroid dienone is 4. The number of ketones is 4. The van der Waals surface area contributed by atoms with E-state index in [9.17, 15) is 39.6 Å². The Morgan fingerprint density at radius 2 is 0.530 bits per heavy atom. The standard InChI is InChI=1S/2C20H26O4.2C6H16N2.2Co/c2*1-19(2,3)17(23)11-15(21)13-8-7-9-14(10-13)16(22)12-18(24)20(4,5)6;2*1-7(2)5-6-8(3)4;;/h2*7-12,21-22H,1-6H3;2*5-6H2,1-4H3;;/q;;;;2*+2/p-4/b2*15-11-,16-12-;;;;. The van der Waals surface area contributed by atoms with Crippen molar-refractivity contribution in [3.63, 3.8) is 0 Å². The molecule has 0 fully saturated rings. The molecule has 0 aromatic heterocycles. The van der Waals surface area contributed by atoms with E-state index in [4.69, 9.17) is 0 Å². The molecule has 0 saturated heterocycles. The summed E-state index contributed by atoms with van der Waals surface area (Å²) in [7, 11) is 16.7. The summed E-state index contributed by atoms with van der Waals surface area (Å²) in [4.78, 5) is 56.4. The van der Waals surface area contributed by atoms with Gasteiger partial charge in [0.15, 0.2) is 23.1 Å². The SMILES string of the molecule is CC(C)(C)C(=O)/C=C(\[O-])c1cccc(/C([O-])=C/C(=O)C(C)(C)C)c1.CC(C)(C)C(=O)/C=C(\[O-])c1cccc(/C([O-])=C/C(=O)C(C)(C)C)c1.CN(C)CCN(C)C.CN(C)CCN(C)C.[Co+2].[Co+2]. The van der Waals surface area contributed by atoms with E-state index in [0.29, 0.717) is 0 Å². The van der Waals surface area contributed by atoms with Gasteiger partial charge in [0.05, 0.1) is 0 Å². The molecule has 2 radical (unpaired) electrons. The van der Waals surface area contributed by atoms with Crippen LogP contribution in [0, 0.1) is 21.7 Å². The zero-order valence-corrected chi connectivity index (χ0v) is 45.6. The molecule has 0 amide bonds. The van der Waals surface area contributed by atoms with Gasteiger partial charge < -0.3 is 40.0 Å². The predicted molar refractivity (Wildman–Crippen MR) is 257 cm³/mol. The van der Waals surface area contributed by atoms with Gasteiger partial charge in [-0.1, -0.05) is 143 Å². The average molecular weight is 1010 g/mol. The van der Waals surface area contributed by atoms with Crippen LogP contribution in [0.1, 0.15) is 105 Å². The Morgan fingerprint density at radius 3 is 0.652 bits per heavy atom. The fourth-order valence-electron chi connectivity index (χ4n) is 4.13. The second kappa shape index (κ2) is 31.2. The van der Waals surface area contributed by atoms with Crippen LogP contribution in [0.4, 0.5) is 0 Å². The van der Waals surface area contributed by atoms with Crippen molar-refractivity contribution in [3.05, 3.63) is 95.1 Å². The molecule has 66 heavy (non-hydrogen) atoms. The summed E-state index contributed by atoms with van der Waals surface area (Å²) in [5.74, 6) is -2.92. The molecule has 2 aromatic carbocycles. The first-order chi connectivity index (χ1) is 28.9. The van der Waals surface area contributed by atoms with E-state index >= 15 is 0 Å². The molecule has 0 saturated carbocycles. The molecule has 0 aliphatic heterocycles. The maximum Gasteiger partial charge on any atom is 2.00 e. The summed E-state index contributed by atoms with van der Waals surface area (Å²) in [6.45, 7) is 25.3. The molecule has 0 aliphatic rings. The Morgan fingerprint density at radius 1 is 0.379 bits per heavy atom. The number of nitrogens with zero attached hydrogens (tertiary/aromatic N) is 4. The molecular weight excluding hydrogens is 926 g/mol. The molecule has 12 nitrogen and oxygen atoms in total. The van der Waals surface area contributed by atoms with E-state index in [1.54, 1.807) is 95.2 Å². The van der Waals surface area contributed by atoms with E-state index in [-0.39, 0.29) is 78.9 Å².